The number of amides is 1. The molecule has 0 bridgehead atoms. The van der Waals surface area contributed by atoms with E-state index in [9.17, 15) is 61.9 Å². The van der Waals surface area contributed by atoms with Crippen molar-refractivity contribution in [2.75, 3.05) is 0 Å². The average molecular weight is 403 g/mol. The van der Waals surface area contributed by atoms with Gasteiger partial charge in [0.05, 0.1) is 0 Å². The van der Waals surface area contributed by atoms with Crippen molar-refractivity contribution in [1.82, 2.24) is 5.32 Å². The van der Waals surface area contributed by atoms with Crippen LogP contribution in [0, 0.1) is 0 Å². The lowest BCUT2D eigenvalue weighted by Crippen LogP contribution is -2.72. The molecule has 0 aliphatic rings. The molecule has 0 aromatic carbocycles. The highest BCUT2D eigenvalue weighted by Crippen LogP contribution is 2.59. The fourth-order valence-corrected chi connectivity index (χ4v) is 1.10. The Bertz CT molecular complexity index is 548. The summed E-state index contributed by atoms with van der Waals surface area (Å²) in [5.41, 5.74) is -1.02. The summed E-state index contributed by atoms with van der Waals surface area (Å²) in [4.78, 5) is 10.8. The molecular formula is C10H6F13NO. The maximum atomic E-state index is 13.1. The maximum Gasteiger partial charge on any atom is 0.460 e. The van der Waals surface area contributed by atoms with E-state index in [1.165, 1.54) is 0 Å². The van der Waals surface area contributed by atoms with Crippen LogP contribution in [0.25, 0.3) is 0 Å². The fraction of sp³-hybridized carbons (Fsp3) is 0.700. The molecule has 2 nitrogen and oxygen atoms in total. The Morgan fingerprint density at radius 2 is 1.00 bits per heavy atom. The molecule has 0 saturated heterocycles. The van der Waals surface area contributed by atoms with Gasteiger partial charge in [-0.05, 0) is 6.92 Å². The lowest BCUT2D eigenvalue weighted by atomic mass is 9.96. The number of rotatable bonds is 6. The van der Waals surface area contributed by atoms with Gasteiger partial charge >= 0.3 is 35.9 Å². The van der Waals surface area contributed by atoms with Gasteiger partial charge in [0.1, 0.15) is 0 Å². The first-order valence-electron chi connectivity index (χ1n) is 5.51. The first-order valence-corrected chi connectivity index (χ1v) is 5.51. The van der Waals surface area contributed by atoms with Gasteiger partial charge in [-0.25, -0.2) is 0 Å². The van der Waals surface area contributed by atoms with Crippen LogP contribution >= 0.6 is 0 Å². The van der Waals surface area contributed by atoms with Crippen molar-refractivity contribution in [3.8, 4) is 0 Å². The van der Waals surface area contributed by atoms with Gasteiger partial charge in [0.25, 0.3) is 5.91 Å². The summed E-state index contributed by atoms with van der Waals surface area (Å²) in [5.74, 6) is -33.6. The van der Waals surface area contributed by atoms with Crippen molar-refractivity contribution >= 4 is 5.91 Å². The first kappa shape index (κ1) is 23.3. The van der Waals surface area contributed by atoms with Gasteiger partial charge in [0.15, 0.2) is 0 Å². The van der Waals surface area contributed by atoms with Crippen molar-refractivity contribution in [1.29, 1.82) is 0 Å². The molecule has 0 rings (SSSR count). The van der Waals surface area contributed by atoms with Crippen molar-refractivity contribution < 1.29 is 61.9 Å². The van der Waals surface area contributed by atoms with Crippen LogP contribution in [0.3, 0.4) is 0 Å². The second-order valence-electron chi connectivity index (χ2n) is 4.60. The van der Waals surface area contributed by atoms with E-state index in [0.29, 0.717) is 6.92 Å². The first-order chi connectivity index (χ1) is 10.6. The van der Waals surface area contributed by atoms with E-state index >= 15 is 0 Å². The van der Waals surface area contributed by atoms with E-state index in [-0.39, 0.29) is 5.32 Å². The van der Waals surface area contributed by atoms with Crippen LogP contribution < -0.4 is 5.32 Å². The van der Waals surface area contributed by atoms with E-state index in [1.807, 2.05) is 0 Å². The molecule has 0 aromatic heterocycles. The third kappa shape index (κ3) is 3.36. The topological polar surface area (TPSA) is 29.1 Å². The summed E-state index contributed by atoms with van der Waals surface area (Å²) in [7, 11) is 0. The highest BCUT2D eigenvalue weighted by molar-refractivity contribution is 5.92. The third-order valence-corrected chi connectivity index (χ3v) is 2.59. The van der Waals surface area contributed by atoms with Crippen LogP contribution in [0.4, 0.5) is 57.1 Å². The number of hydrogen-bond acceptors (Lipinski definition) is 1. The molecule has 25 heavy (non-hydrogen) atoms. The summed E-state index contributed by atoms with van der Waals surface area (Å²) in [5, 5.41) is -0.197. The van der Waals surface area contributed by atoms with E-state index in [4.69, 9.17) is 0 Å². The standard InChI is InChI=1S/C10H6F13NO/c1-3(2)4(25)24-10(22,23)8(17,18)6(13,14)5(11,12)7(15,16)9(19,20)21/h1H2,2H3,(H,24,25). The van der Waals surface area contributed by atoms with Gasteiger partial charge in [-0.1, -0.05) is 6.58 Å². The summed E-state index contributed by atoms with van der Waals surface area (Å²) in [6, 6.07) is -6.64. The van der Waals surface area contributed by atoms with Crippen LogP contribution in [0.5, 0.6) is 0 Å². The number of alkyl halides is 13. The molecule has 0 radical (unpaired) electrons. The zero-order chi connectivity index (χ0) is 20.9. The largest absolute Gasteiger partial charge is 0.460 e. The highest BCUT2D eigenvalue weighted by atomic mass is 19.4. The molecule has 0 spiro atoms. The van der Waals surface area contributed by atoms with Crippen LogP contribution in [0.2, 0.25) is 0 Å². The lowest BCUT2D eigenvalue weighted by Gasteiger charge is -2.39. The molecule has 1 N–H and O–H groups in total. The average Bonchev–Trinajstić information content (AvgIpc) is 2.35. The zero-order valence-electron chi connectivity index (χ0n) is 11.5. The van der Waals surface area contributed by atoms with Gasteiger partial charge in [-0.3, -0.25) is 10.1 Å². The summed E-state index contributed by atoms with van der Waals surface area (Å²) in [6.45, 7) is 3.19. The molecule has 0 aliphatic heterocycles. The van der Waals surface area contributed by atoms with Crippen molar-refractivity contribution in [3.63, 3.8) is 0 Å². The van der Waals surface area contributed by atoms with Gasteiger partial charge in [-0.15, -0.1) is 0 Å². The number of nitrogens with one attached hydrogen (secondary N) is 1. The van der Waals surface area contributed by atoms with E-state index in [0.717, 1.165) is 0 Å². The van der Waals surface area contributed by atoms with Crippen LogP contribution in [0.1, 0.15) is 6.92 Å². The SMILES string of the molecule is C=C(C)C(=O)NC(F)(F)C(F)(F)C(F)(F)C(F)(F)C(F)(F)C(F)(F)F. The monoisotopic (exact) mass is 403 g/mol. The molecule has 0 unspecified atom stereocenters. The molecule has 0 fully saturated rings. The minimum atomic E-state index is -8.00. The van der Waals surface area contributed by atoms with Crippen LogP contribution in [-0.4, -0.2) is 41.8 Å². The number of hydrogen-bond donors (Lipinski definition) is 1. The van der Waals surface area contributed by atoms with Gasteiger partial charge in [-0.2, -0.15) is 57.1 Å². The van der Waals surface area contributed by atoms with Crippen molar-refractivity contribution in [3.05, 3.63) is 12.2 Å². The van der Waals surface area contributed by atoms with Crippen LogP contribution in [0.15, 0.2) is 12.2 Å². The minimum Gasteiger partial charge on any atom is -0.288 e. The molecule has 15 heteroatoms. The summed E-state index contributed by atoms with van der Waals surface area (Å²) < 4.78 is 164. The molecule has 0 saturated carbocycles. The Kier molecular flexibility index (Phi) is 5.53. The predicted octanol–water partition coefficient (Wildman–Crippen LogP) is 4.38. The van der Waals surface area contributed by atoms with E-state index in [2.05, 4.69) is 6.58 Å². The lowest BCUT2D eigenvalue weighted by molar-refractivity contribution is -0.441. The Hall–Kier alpha value is -1.70. The molecule has 0 aromatic rings. The predicted molar refractivity (Wildman–Crippen MR) is 53.7 cm³/mol. The molecule has 0 atom stereocenters. The normalized spacial score (nSPS) is 15.1. The highest BCUT2D eigenvalue weighted by Gasteiger charge is 2.91. The van der Waals surface area contributed by atoms with Crippen LogP contribution in [-0.2, 0) is 4.79 Å². The second kappa shape index (κ2) is 5.93. The number of carbonyl (C=O) groups excluding carboxylic acids is 1. The zero-order valence-corrected chi connectivity index (χ0v) is 11.5. The Balaban J connectivity index is 6.20. The molecule has 1 amide bonds. The Morgan fingerprint density at radius 1 is 0.680 bits per heavy atom. The molecule has 0 heterocycles. The van der Waals surface area contributed by atoms with Crippen molar-refractivity contribution in [2.24, 2.45) is 0 Å². The Morgan fingerprint density at radius 3 is 1.28 bits per heavy atom. The van der Waals surface area contributed by atoms with Gasteiger partial charge in [0.2, 0.25) is 0 Å². The number of carbonyl (C=O) groups is 1. The van der Waals surface area contributed by atoms with Crippen molar-refractivity contribution in [2.45, 2.75) is 42.8 Å². The maximum absolute atomic E-state index is 13.1. The molecule has 148 valence electrons. The molecule has 0 aliphatic carbocycles. The summed E-state index contributed by atoms with van der Waals surface area (Å²) >= 11 is 0. The summed E-state index contributed by atoms with van der Waals surface area (Å²) in [6.07, 6.45) is -7.48. The Labute approximate surface area is 129 Å². The quantitative estimate of drug-likeness (QED) is 0.398. The molecular weight excluding hydrogens is 397 g/mol. The fourth-order valence-electron chi connectivity index (χ4n) is 1.10. The third-order valence-electron chi connectivity index (χ3n) is 2.59. The number of halogens is 13. The van der Waals surface area contributed by atoms with Gasteiger partial charge < -0.3 is 0 Å². The smallest absolute Gasteiger partial charge is 0.288 e. The van der Waals surface area contributed by atoms with E-state index < -0.39 is 47.4 Å². The van der Waals surface area contributed by atoms with E-state index in [1.54, 1.807) is 0 Å². The second-order valence-corrected chi connectivity index (χ2v) is 4.60. The van der Waals surface area contributed by atoms with Gasteiger partial charge in [0, 0.05) is 5.57 Å². The minimum absolute atomic E-state index is 0.197.